The number of aryl methyl sites for hydroxylation is 1. The first-order chi connectivity index (χ1) is 11.0. The van der Waals surface area contributed by atoms with E-state index in [2.05, 4.69) is 42.6 Å². The highest BCUT2D eigenvalue weighted by Crippen LogP contribution is 2.27. The third-order valence-electron chi connectivity index (χ3n) is 4.88. The van der Waals surface area contributed by atoms with Crippen molar-refractivity contribution in [2.75, 3.05) is 7.05 Å². The fourth-order valence-corrected chi connectivity index (χ4v) is 3.08. The number of nitrogens with zero attached hydrogens (tertiary/aromatic N) is 2. The van der Waals surface area contributed by atoms with Gasteiger partial charge in [-0.15, -0.1) is 0 Å². The molecule has 1 saturated carbocycles. The number of carbonyl (C=O) groups is 1. The Balaban J connectivity index is 1.95. The summed E-state index contributed by atoms with van der Waals surface area (Å²) in [5, 5.41) is 12.5. The molecule has 1 amide bonds. The van der Waals surface area contributed by atoms with E-state index in [4.69, 9.17) is 0 Å². The zero-order valence-electron chi connectivity index (χ0n) is 14.4. The van der Waals surface area contributed by atoms with Gasteiger partial charge in [0.25, 0.3) is 0 Å². The maximum atomic E-state index is 12.6. The maximum absolute atomic E-state index is 12.6. The van der Waals surface area contributed by atoms with Crippen molar-refractivity contribution in [3.05, 3.63) is 35.4 Å². The summed E-state index contributed by atoms with van der Waals surface area (Å²) in [7, 11) is 1.95. The summed E-state index contributed by atoms with van der Waals surface area (Å²) in [6, 6.07) is 10.4. The van der Waals surface area contributed by atoms with Gasteiger partial charge in [-0.05, 0) is 39.3 Å². The van der Waals surface area contributed by atoms with E-state index in [-0.39, 0.29) is 11.9 Å². The Morgan fingerprint density at radius 1 is 1.30 bits per heavy atom. The number of hydrogen-bond donors (Lipinski definition) is 1. The van der Waals surface area contributed by atoms with Crippen molar-refractivity contribution >= 4 is 5.91 Å². The van der Waals surface area contributed by atoms with Crippen LogP contribution in [0.5, 0.6) is 0 Å². The highest BCUT2D eigenvalue weighted by atomic mass is 16.2. The number of nitriles is 1. The Kier molecular flexibility index (Phi) is 5.79. The van der Waals surface area contributed by atoms with Crippen molar-refractivity contribution in [3.63, 3.8) is 0 Å². The van der Waals surface area contributed by atoms with Crippen molar-refractivity contribution in [1.82, 2.24) is 10.2 Å². The van der Waals surface area contributed by atoms with Gasteiger partial charge in [-0.2, -0.15) is 5.26 Å². The Labute approximate surface area is 139 Å². The molecule has 1 atom stereocenters. The van der Waals surface area contributed by atoms with E-state index in [1.165, 1.54) is 11.1 Å². The third kappa shape index (κ3) is 4.56. The molecule has 1 aliphatic carbocycles. The highest BCUT2D eigenvalue weighted by Gasteiger charge is 2.35. The van der Waals surface area contributed by atoms with Crippen molar-refractivity contribution in [3.8, 4) is 6.07 Å². The molecule has 1 aromatic rings. The largest absolute Gasteiger partial charge is 0.336 e. The SMILES string of the molecule is Cc1ccc(CN(C)C(C)C(=O)NC2(C#N)CCCCC2)cc1. The summed E-state index contributed by atoms with van der Waals surface area (Å²) in [4.78, 5) is 14.6. The fourth-order valence-electron chi connectivity index (χ4n) is 3.08. The lowest BCUT2D eigenvalue weighted by Gasteiger charge is -2.34. The fraction of sp³-hybridized carbons (Fsp3) is 0.579. The molecule has 124 valence electrons. The Bertz CT molecular complexity index is 567. The topological polar surface area (TPSA) is 56.1 Å². The van der Waals surface area contributed by atoms with E-state index in [1.54, 1.807) is 0 Å². The minimum atomic E-state index is -0.658. The molecular weight excluding hydrogens is 286 g/mol. The van der Waals surface area contributed by atoms with Crippen LogP contribution in [0.3, 0.4) is 0 Å². The maximum Gasteiger partial charge on any atom is 0.238 e. The van der Waals surface area contributed by atoms with Gasteiger partial charge < -0.3 is 5.32 Å². The lowest BCUT2D eigenvalue weighted by molar-refractivity contribution is -0.127. The normalized spacial score (nSPS) is 18.2. The molecule has 4 nitrogen and oxygen atoms in total. The molecular formula is C19H27N3O. The van der Waals surface area contributed by atoms with Gasteiger partial charge in [-0.1, -0.05) is 49.1 Å². The van der Waals surface area contributed by atoms with Crippen LogP contribution in [0, 0.1) is 18.3 Å². The van der Waals surface area contributed by atoms with Gasteiger partial charge in [-0.25, -0.2) is 0 Å². The summed E-state index contributed by atoms with van der Waals surface area (Å²) in [6.07, 6.45) is 4.72. The lowest BCUT2D eigenvalue weighted by atomic mass is 9.82. The molecule has 0 saturated heterocycles. The van der Waals surface area contributed by atoms with Gasteiger partial charge in [0.15, 0.2) is 0 Å². The van der Waals surface area contributed by atoms with E-state index < -0.39 is 5.54 Å². The summed E-state index contributed by atoms with van der Waals surface area (Å²) < 4.78 is 0. The number of carbonyl (C=O) groups excluding carboxylic acids is 1. The zero-order chi connectivity index (χ0) is 16.9. The number of amides is 1. The van der Waals surface area contributed by atoms with Gasteiger partial charge in [0.2, 0.25) is 5.91 Å². The van der Waals surface area contributed by atoms with Crippen molar-refractivity contribution in [2.45, 2.75) is 64.1 Å². The zero-order valence-corrected chi connectivity index (χ0v) is 14.4. The predicted octanol–water partition coefficient (Wildman–Crippen LogP) is 3.16. The van der Waals surface area contributed by atoms with Crippen LogP contribution in [0.1, 0.15) is 50.2 Å². The van der Waals surface area contributed by atoms with E-state index >= 15 is 0 Å². The van der Waals surface area contributed by atoms with E-state index in [9.17, 15) is 10.1 Å². The molecule has 4 heteroatoms. The standard InChI is InChI=1S/C19H27N3O/c1-15-7-9-17(10-8-15)13-22(3)16(2)18(23)21-19(14-20)11-5-4-6-12-19/h7-10,16H,4-6,11-13H2,1-3H3,(H,21,23). The van der Waals surface area contributed by atoms with Crippen LogP contribution in [0.2, 0.25) is 0 Å². The molecule has 0 aromatic heterocycles. The highest BCUT2D eigenvalue weighted by molar-refractivity contribution is 5.82. The smallest absolute Gasteiger partial charge is 0.238 e. The summed E-state index contributed by atoms with van der Waals surface area (Å²) in [6.45, 7) is 4.68. The molecule has 0 bridgehead atoms. The van der Waals surface area contributed by atoms with Crippen LogP contribution in [0.15, 0.2) is 24.3 Å². The monoisotopic (exact) mass is 313 g/mol. The Morgan fingerprint density at radius 3 is 2.48 bits per heavy atom. The molecule has 0 spiro atoms. The number of likely N-dealkylation sites (N-methyl/N-ethyl adjacent to an activating group) is 1. The molecule has 2 rings (SSSR count). The number of rotatable bonds is 5. The van der Waals surface area contributed by atoms with Gasteiger partial charge in [0, 0.05) is 6.54 Å². The van der Waals surface area contributed by atoms with Crippen LogP contribution in [-0.2, 0) is 11.3 Å². The first kappa shape index (κ1) is 17.5. The second-order valence-electron chi connectivity index (χ2n) is 6.82. The molecule has 0 heterocycles. The van der Waals surface area contributed by atoms with Gasteiger partial charge in [0.1, 0.15) is 5.54 Å². The summed E-state index contributed by atoms with van der Waals surface area (Å²) in [5.74, 6) is -0.0527. The molecule has 0 radical (unpaired) electrons. The van der Waals surface area contributed by atoms with Crippen molar-refractivity contribution in [1.29, 1.82) is 5.26 Å². The summed E-state index contributed by atoms with van der Waals surface area (Å²) >= 11 is 0. The molecule has 23 heavy (non-hydrogen) atoms. The van der Waals surface area contributed by atoms with Crippen molar-refractivity contribution < 1.29 is 4.79 Å². The number of benzene rings is 1. The van der Waals surface area contributed by atoms with E-state index in [1.807, 2.05) is 18.9 Å². The third-order valence-corrected chi connectivity index (χ3v) is 4.88. The minimum absolute atomic E-state index is 0.0527. The second-order valence-corrected chi connectivity index (χ2v) is 6.82. The van der Waals surface area contributed by atoms with E-state index in [0.29, 0.717) is 6.54 Å². The van der Waals surface area contributed by atoms with Crippen LogP contribution >= 0.6 is 0 Å². The Hall–Kier alpha value is -1.86. The van der Waals surface area contributed by atoms with Crippen LogP contribution < -0.4 is 5.32 Å². The molecule has 1 aliphatic rings. The van der Waals surface area contributed by atoms with Gasteiger partial charge >= 0.3 is 0 Å². The Morgan fingerprint density at radius 2 is 1.91 bits per heavy atom. The van der Waals surface area contributed by atoms with Crippen LogP contribution in [-0.4, -0.2) is 29.4 Å². The number of nitrogens with one attached hydrogen (secondary N) is 1. The lowest BCUT2D eigenvalue weighted by Crippen LogP contribution is -2.54. The quantitative estimate of drug-likeness (QED) is 0.908. The predicted molar refractivity (Wildman–Crippen MR) is 91.7 cm³/mol. The number of hydrogen-bond acceptors (Lipinski definition) is 3. The second kappa shape index (κ2) is 7.61. The molecule has 1 N–H and O–H groups in total. The van der Waals surface area contributed by atoms with Crippen LogP contribution in [0.4, 0.5) is 0 Å². The molecule has 1 unspecified atom stereocenters. The average Bonchev–Trinajstić information content (AvgIpc) is 2.57. The first-order valence-electron chi connectivity index (χ1n) is 8.45. The summed E-state index contributed by atoms with van der Waals surface area (Å²) in [5.41, 5.74) is 1.76. The van der Waals surface area contributed by atoms with Gasteiger partial charge in [-0.3, -0.25) is 9.69 Å². The molecule has 1 aromatic carbocycles. The first-order valence-corrected chi connectivity index (χ1v) is 8.45. The minimum Gasteiger partial charge on any atom is -0.336 e. The van der Waals surface area contributed by atoms with Crippen molar-refractivity contribution in [2.24, 2.45) is 0 Å². The van der Waals surface area contributed by atoms with Crippen LogP contribution in [0.25, 0.3) is 0 Å². The molecule has 1 fully saturated rings. The average molecular weight is 313 g/mol. The van der Waals surface area contributed by atoms with E-state index in [0.717, 1.165) is 32.1 Å². The molecule has 0 aliphatic heterocycles. The van der Waals surface area contributed by atoms with Gasteiger partial charge in [0.05, 0.1) is 12.1 Å².